The van der Waals surface area contributed by atoms with E-state index in [1.54, 1.807) is 29.3 Å². The summed E-state index contributed by atoms with van der Waals surface area (Å²) in [5.41, 5.74) is 0.495. The highest BCUT2D eigenvalue weighted by Gasteiger charge is 2.31. The number of ether oxygens (including phenoxy) is 1. The second-order valence-corrected chi connectivity index (χ2v) is 7.70. The molecule has 0 radical (unpaired) electrons. The molecule has 1 amide bonds. The zero-order valence-electron chi connectivity index (χ0n) is 16.4. The van der Waals surface area contributed by atoms with E-state index in [4.69, 9.17) is 4.74 Å². The maximum atomic E-state index is 13.1. The molecule has 7 heteroatoms. The van der Waals surface area contributed by atoms with Crippen molar-refractivity contribution in [3.8, 4) is 5.75 Å². The number of anilines is 1. The van der Waals surface area contributed by atoms with Crippen LogP contribution < -0.4 is 15.0 Å². The molecule has 0 unspecified atom stereocenters. The summed E-state index contributed by atoms with van der Waals surface area (Å²) in [6, 6.07) is 12.5. The first-order chi connectivity index (χ1) is 14.4. The van der Waals surface area contributed by atoms with Crippen molar-refractivity contribution in [1.29, 1.82) is 0 Å². The first-order valence-electron chi connectivity index (χ1n) is 10.1. The van der Waals surface area contributed by atoms with Crippen molar-refractivity contribution in [2.75, 3.05) is 4.90 Å². The lowest BCUT2D eigenvalue weighted by Gasteiger charge is -2.30. The number of carbonyl (C=O) groups is 1. The molecule has 0 spiro atoms. The lowest BCUT2D eigenvalue weighted by molar-refractivity contribution is -0.137. The fraction of sp³-hybridized carbons (Fsp3) is 0.348. The number of nitrogens with zero attached hydrogens (tertiary/aromatic N) is 1. The third-order valence-corrected chi connectivity index (χ3v) is 5.44. The van der Waals surface area contributed by atoms with Crippen LogP contribution in [0.5, 0.6) is 5.75 Å². The summed E-state index contributed by atoms with van der Waals surface area (Å²) in [5.74, 6) is 0.345. The molecule has 4 rings (SSSR count). The van der Waals surface area contributed by atoms with Crippen LogP contribution in [0.4, 0.5) is 18.9 Å². The van der Waals surface area contributed by atoms with E-state index < -0.39 is 11.7 Å². The van der Waals surface area contributed by atoms with Crippen LogP contribution in [0.25, 0.3) is 0 Å². The van der Waals surface area contributed by atoms with Gasteiger partial charge in [0.2, 0.25) is 5.76 Å². The number of benzene rings is 2. The summed E-state index contributed by atoms with van der Waals surface area (Å²) in [6.07, 6.45) is 2.43. The second kappa shape index (κ2) is 8.42. The van der Waals surface area contributed by atoms with Gasteiger partial charge in [-0.3, -0.25) is 4.79 Å². The standard InChI is InChI=1S/C23H23F3N2O2/c24-23(25,26)17-8-6-7-16(13-17)14-28-15-21(30-20-12-5-4-11-19(20)28)22(29)27-18-9-2-1-3-10-18/h4-8,11-13,15,18H,1-3,9-10,14H2,(H,27,29). The lowest BCUT2D eigenvalue weighted by atomic mass is 9.95. The number of hydrogen-bond acceptors (Lipinski definition) is 3. The first-order valence-corrected chi connectivity index (χ1v) is 10.1. The highest BCUT2D eigenvalue weighted by molar-refractivity contribution is 5.93. The Morgan fingerprint density at radius 1 is 1.07 bits per heavy atom. The summed E-state index contributed by atoms with van der Waals surface area (Å²) >= 11 is 0. The third kappa shape index (κ3) is 4.61. The third-order valence-electron chi connectivity index (χ3n) is 5.44. The van der Waals surface area contributed by atoms with Crippen molar-refractivity contribution in [1.82, 2.24) is 5.32 Å². The zero-order chi connectivity index (χ0) is 21.1. The van der Waals surface area contributed by atoms with Crippen molar-refractivity contribution in [3.63, 3.8) is 0 Å². The van der Waals surface area contributed by atoms with Gasteiger partial charge in [0.25, 0.3) is 5.91 Å². The van der Waals surface area contributed by atoms with Gasteiger partial charge in [0, 0.05) is 12.6 Å². The topological polar surface area (TPSA) is 41.6 Å². The summed E-state index contributed by atoms with van der Waals surface area (Å²) in [6.45, 7) is 0.185. The summed E-state index contributed by atoms with van der Waals surface area (Å²) in [7, 11) is 0. The molecule has 1 saturated carbocycles. The van der Waals surface area contributed by atoms with E-state index >= 15 is 0 Å². The average molecular weight is 416 g/mol. The Morgan fingerprint density at radius 2 is 1.83 bits per heavy atom. The molecule has 0 saturated heterocycles. The molecule has 1 fully saturated rings. The molecule has 4 nitrogen and oxygen atoms in total. The van der Waals surface area contributed by atoms with Crippen molar-refractivity contribution in [2.24, 2.45) is 0 Å². The van der Waals surface area contributed by atoms with Gasteiger partial charge in [-0.15, -0.1) is 0 Å². The van der Waals surface area contributed by atoms with Gasteiger partial charge in [-0.05, 0) is 42.7 Å². The summed E-state index contributed by atoms with van der Waals surface area (Å²) in [5, 5.41) is 3.03. The number of carbonyl (C=O) groups excluding carboxylic acids is 1. The Kier molecular flexibility index (Phi) is 5.70. The normalized spacial score (nSPS) is 17.0. The molecule has 1 N–H and O–H groups in total. The van der Waals surface area contributed by atoms with Gasteiger partial charge in [-0.1, -0.05) is 43.5 Å². The zero-order valence-corrected chi connectivity index (χ0v) is 16.4. The van der Waals surface area contributed by atoms with Gasteiger partial charge in [0.1, 0.15) is 0 Å². The molecule has 1 aliphatic heterocycles. The van der Waals surface area contributed by atoms with Crippen molar-refractivity contribution < 1.29 is 22.7 Å². The Morgan fingerprint density at radius 3 is 2.60 bits per heavy atom. The molecule has 1 heterocycles. The van der Waals surface area contributed by atoms with Crippen molar-refractivity contribution in [3.05, 3.63) is 71.6 Å². The number of hydrogen-bond donors (Lipinski definition) is 1. The van der Waals surface area contributed by atoms with Gasteiger partial charge < -0.3 is 15.0 Å². The largest absolute Gasteiger partial charge is 0.448 e. The maximum absolute atomic E-state index is 13.1. The Labute approximate surface area is 173 Å². The van der Waals surface area contributed by atoms with Crippen molar-refractivity contribution in [2.45, 2.75) is 50.9 Å². The number of fused-ring (bicyclic) bond motifs is 1. The van der Waals surface area contributed by atoms with E-state index in [0.717, 1.165) is 37.8 Å². The van der Waals surface area contributed by atoms with Gasteiger partial charge in [0.15, 0.2) is 5.75 Å². The summed E-state index contributed by atoms with van der Waals surface area (Å²) in [4.78, 5) is 14.5. The number of amides is 1. The van der Waals surface area contributed by atoms with Gasteiger partial charge in [-0.2, -0.15) is 13.2 Å². The van der Waals surface area contributed by atoms with E-state index in [1.165, 1.54) is 12.5 Å². The Balaban J connectivity index is 1.58. The van der Waals surface area contributed by atoms with E-state index in [0.29, 0.717) is 17.0 Å². The predicted molar refractivity (Wildman–Crippen MR) is 108 cm³/mol. The van der Waals surface area contributed by atoms with Crippen LogP contribution in [-0.4, -0.2) is 11.9 Å². The molecule has 2 aromatic rings. The monoisotopic (exact) mass is 416 g/mol. The predicted octanol–water partition coefficient (Wildman–Crippen LogP) is 5.39. The Bertz CT molecular complexity index is 949. The van der Waals surface area contributed by atoms with E-state index in [2.05, 4.69) is 5.32 Å². The highest BCUT2D eigenvalue weighted by Crippen LogP contribution is 2.36. The smallest absolute Gasteiger partial charge is 0.416 e. The van der Waals surface area contributed by atoms with Gasteiger partial charge >= 0.3 is 6.18 Å². The minimum atomic E-state index is -4.40. The molecular weight excluding hydrogens is 393 g/mol. The van der Waals surface area contributed by atoms with E-state index in [9.17, 15) is 18.0 Å². The maximum Gasteiger partial charge on any atom is 0.416 e. The van der Waals surface area contributed by atoms with Crippen LogP contribution in [0, 0.1) is 0 Å². The van der Waals surface area contributed by atoms with Gasteiger partial charge in [0.05, 0.1) is 17.5 Å². The number of halogens is 3. The minimum Gasteiger partial charge on any atom is -0.448 e. The minimum absolute atomic E-state index is 0.129. The summed E-state index contributed by atoms with van der Waals surface area (Å²) < 4.78 is 45.0. The van der Waals surface area contributed by atoms with Crippen molar-refractivity contribution >= 4 is 11.6 Å². The first kappa shape index (κ1) is 20.3. The van der Waals surface area contributed by atoms with E-state index in [-0.39, 0.29) is 24.3 Å². The SMILES string of the molecule is O=C(NC1CCCCC1)C1=CN(Cc2cccc(C(F)(F)F)c2)c2ccccc2O1. The van der Waals surface area contributed by atoms with Gasteiger partial charge in [-0.25, -0.2) is 0 Å². The number of nitrogens with one attached hydrogen (secondary N) is 1. The fourth-order valence-electron chi connectivity index (χ4n) is 3.92. The average Bonchev–Trinajstić information content (AvgIpc) is 2.74. The molecule has 1 aliphatic carbocycles. The van der Waals surface area contributed by atoms with Crippen LogP contribution >= 0.6 is 0 Å². The fourth-order valence-corrected chi connectivity index (χ4v) is 3.92. The van der Waals surface area contributed by atoms with Crippen LogP contribution in [0.1, 0.15) is 43.2 Å². The number of alkyl halides is 3. The molecule has 158 valence electrons. The molecule has 2 aromatic carbocycles. The van der Waals surface area contributed by atoms with Crippen LogP contribution in [0.3, 0.4) is 0 Å². The molecular formula is C23H23F3N2O2. The molecule has 2 aliphatic rings. The second-order valence-electron chi connectivity index (χ2n) is 7.70. The molecule has 0 atom stereocenters. The van der Waals surface area contributed by atoms with E-state index in [1.807, 2.05) is 12.1 Å². The molecule has 0 bridgehead atoms. The van der Waals surface area contributed by atoms with Crippen LogP contribution in [0.2, 0.25) is 0 Å². The number of rotatable bonds is 4. The quantitative estimate of drug-likeness (QED) is 0.726. The van der Waals surface area contributed by atoms with Crippen LogP contribution in [0.15, 0.2) is 60.5 Å². The van der Waals surface area contributed by atoms with Crippen LogP contribution in [-0.2, 0) is 17.5 Å². The number of para-hydroxylation sites is 2. The molecule has 30 heavy (non-hydrogen) atoms. The lowest BCUT2D eigenvalue weighted by Crippen LogP contribution is -2.39. The Hall–Kier alpha value is -2.96. The highest BCUT2D eigenvalue weighted by atomic mass is 19.4. The molecule has 0 aromatic heterocycles.